The van der Waals surface area contributed by atoms with Crippen LogP contribution in [0.15, 0.2) is 28.8 Å². The number of hydrogen-bond donors (Lipinski definition) is 2. The Kier molecular flexibility index (Phi) is 5.65. The lowest BCUT2D eigenvalue weighted by molar-refractivity contribution is -0.116. The van der Waals surface area contributed by atoms with E-state index in [1.54, 1.807) is 32.0 Å². The molecule has 2 heterocycles. The van der Waals surface area contributed by atoms with Gasteiger partial charge in [-0.05, 0) is 45.9 Å². The van der Waals surface area contributed by atoms with Crippen molar-refractivity contribution in [2.75, 3.05) is 28.6 Å². The first-order valence-electron chi connectivity index (χ1n) is 9.02. The molecule has 2 aromatic rings. The van der Waals surface area contributed by atoms with E-state index in [9.17, 15) is 9.18 Å². The smallest absolute Gasteiger partial charge is 0.247 e. The summed E-state index contributed by atoms with van der Waals surface area (Å²) in [6.45, 7) is 8.68. The highest BCUT2D eigenvalue weighted by Gasteiger charge is 2.24. The fourth-order valence-electron chi connectivity index (χ4n) is 3.20. The number of rotatable bonds is 5. The third kappa shape index (κ3) is 4.77. The van der Waals surface area contributed by atoms with Gasteiger partial charge in [0.15, 0.2) is 5.82 Å². The molecule has 7 nitrogen and oxygen atoms in total. The molecular weight excluding hydrogens is 351 g/mol. The number of carbonyl (C=O) groups is 1. The van der Waals surface area contributed by atoms with Gasteiger partial charge in [0.2, 0.25) is 5.91 Å². The molecule has 146 valence electrons. The van der Waals surface area contributed by atoms with Crippen LogP contribution >= 0.6 is 0 Å². The van der Waals surface area contributed by atoms with Gasteiger partial charge < -0.3 is 24.8 Å². The Bertz CT molecular complexity index is 800. The Labute approximate surface area is 157 Å². The molecule has 1 fully saturated rings. The van der Waals surface area contributed by atoms with E-state index in [0.29, 0.717) is 36.0 Å². The Balaban J connectivity index is 1.63. The predicted octanol–water partition coefficient (Wildman–Crippen LogP) is 3.17. The number of benzene rings is 1. The van der Waals surface area contributed by atoms with E-state index < -0.39 is 6.04 Å². The second-order valence-corrected chi connectivity index (χ2v) is 7.01. The van der Waals surface area contributed by atoms with Crippen molar-refractivity contribution in [1.29, 1.82) is 0 Å². The lowest BCUT2D eigenvalue weighted by Gasteiger charge is -2.37. The summed E-state index contributed by atoms with van der Waals surface area (Å²) in [5, 5.41) is 9.38. The van der Waals surface area contributed by atoms with Gasteiger partial charge in [0.25, 0.3) is 0 Å². The van der Waals surface area contributed by atoms with E-state index in [4.69, 9.17) is 9.26 Å². The molecule has 2 N–H and O–H groups in total. The number of nitrogens with one attached hydrogen (secondary N) is 2. The van der Waals surface area contributed by atoms with Crippen LogP contribution < -0.4 is 15.5 Å². The van der Waals surface area contributed by atoms with Gasteiger partial charge in [-0.1, -0.05) is 5.16 Å². The molecule has 3 rings (SSSR count). The average molecular weight is 376 g/mol. The van der Waals surface area contributed by atoms with Crippen molar-refractivity contribution in [3.8, 4) is 0 Å². The van der Waals surface area contributed by atoms with Crippen molar-refractivity contribution in [1.82, 2.24) is 5.16 Å². The molecule has 0 spiro atoms. The number of aromatic nitrogens is 1. The zero-order valence-corrected chi connectivity index (χ0v) is 16.0. The van der Waals surface area contributed by atoms with Crippen molar-refractivity contribution in [3.63, 3.8) is 0 Å². The van der Waals surface area contributed by atoms with Crippen LogP contribution in [0.4, 0.5) is 21.6 Å². The molecular formula is C19H25FN4O3. The number of hydrogen-bond acceptors (Lipinski definition) is 6. The highest BCUT2D eigenvalue weighted by molar-refractivity contribution is 5.95. The fourth-order valence-corrected chi connectivity index (χ4v) is 3.20. The largest absolute Gasteiger partial charge is 0.374 e. The molecule has 0 unspecified atom stereocenters. The SMILES string of the molecule is Cc1cc(NC(=O)[C@H](C)Nc2ccc(N3C[C@H](C)O[C@@H](C)C3)c(F)c2)no1. The second-order valence-electron chi connectivity index (χ2n) is 7.01. The number of aryl methyl sites for hydroxylation is 1. The van der Waals surface area contributed by atoms with Crippen LogP contribution in [0.2, 0.25) is 0 Å². The fraction of sp³-hybridized carbons (Fsp3) is 0.474. The number of morpholine rings is 1. The molecule has 1 amide bonds. The summed E-state index contributed by atoms with van der Waals surface area (Å²) in [7, 11) is 0. The molecule has 1 aromatic carbocycles. The molecule has 3 atom stereocenters. The average Bonchev–Trinajstić information content (AvgIpc) is 2.98. The van der Waals surface area contributed by atoms with Crippen LogP contribution in [-0.2, 0) is 9.53 Å². The van der Waals surface area contributed by atoms with Gasteiger partial charge in [0.05, 0.1) is 17.9 Å². The van der Waals surface area contributed by atoms with Crippen molar-refractivity contribution in [2.45, 2.75) is 45.9 Å². The number of carbonyl (C=O) groups excluding carboxylic acids is 1. The Morgan fingerprint density at radius 3 is 2.59 bits per heavy atom. The Morgan fingerprint density at radius 2 is 2.00 bits per heavy atom. The standard InChI is InChI=1S/C19H25FN4O3/c1-11-7-18(23-27-11)22-19(25)14(4)21-15-5-6-17(16(20)8-15)24-9-12(2)26-13(3)10-24/h5-8,12-14,21H,9-10H2,1-4H3,(H,22,23,25)/t12-,13-,14-/m0/s1. The van der Waals surface area contributed by atoms with E-state index >= 15 is 0 Å². The van der Waals surface area contributed by atoms with Gasteiger partial charge in [0, 0.05) is 24.8 Å². The third-order valence-electron chi connectivity index (χ3n) is 4.36. The first kappa shape index (κ1) is 19.2. The van der Waals surface area contributed by atoms with Crippen molar-refractivity contribution < 1.29 is 18.4 Å². The molecule has 1 aliphatic rings. The summed E-state index contributed by atoms with van der Waals surface area (Å²) in [5.41, 5.74) is 1.07. The molecule has 1 aromatic heterocycles. The van der Waals surface area contributed by atoms with E-state index in [1.807, 2.05) is 18.7 Å². The van der Waals surface area contributed by atoms with Crippen molar-refractivity contribution in [3.05, 3.63) is 35.8 Å². The number of amides is 1. The molecule has 0 radical (unpaired) electrons. The lowest BCUT2D eigenvalue weighted by Crippen LogP contribution is -2.45. The van der Waals surface area contributed by atoms with E-state index in [0.717, 1.165) is 0 Å². The molecule has 1 saturated heterocycles. The Morgan fingerprint density at radius 1 is 1.30 bits per heavy atom. The zero-order chi connectivity index (χ0) is 19.6. The van der Waals surface area contributed by atoms with Crippen molar-refractivity contribution in [2.24, 2.45) is 0 Å². The summed E-state index contributed by atoms with van der Waals surface area (Å²) in [5.74, 6) is 0.336. The maximum Gasteiger partial charge on any atom is 0.247 e. The highest BCUT2D eigenvalue weighted by atomic mass is 19.1. The summed E-state index contributed by atoms with van der Waals surface area (Å²) < 4.78 is 25.3. The van der Waals surface area contributed by atoms with E-state index in [2.05, 4.69) is 15.8 Å². The van der Waals surface area contributed by atoms with Crippen LogP contribution in [-0.4, -0.2) is 42.4 Å². The summed E-state index contributed by atoms with van der Waals surface area (Å²) in [6, 6.07) is 5.96. The molecule has 0 saturated carbocycles. The van der Waals surface area contributed by atoms with Gasteiger partial charge >= 0.3 is 0 Å². The zero-order valence-electron chi connectivity index (χ0n) is 16.0. The topological polar surface area (TPSA) is 79.6 Å². The summed E-state index contributed by atoms with van der Waals surface area (Å²) in [6.07, 6.45) is 0.102. The van der Waals surface area contributed by atoms with Crippen LogP contribution in [0.5, 0.6) is 0 Å². The monoisotopic (exact) mass is 376 g/mol. The predicted molar refractivity (Wildman–Crippen MR) is 102 cm³/mol. The maximum absolute atomic E-state index is 14.6. The van der Waals surface area contributed by atoms with Crippen LogP contribution in [0.3, 0.4) is 0 Å². The first-order chi connectivity index (χ1) is 12.8. The molecule has 8 heteroatoms. The van der Waals surface area contributed by atoms with Gasteiger partial charge in [-0.2, -0.15) is 0 Å². The quantitative estimate of drug-likeness (QED) is 0.834. The number of halogens is 1. The van der Waals surface area contributed by atoms with Gasteiger partial charge in [-0.3, -0.25) is 4.79 Å². The van der Waals surface area contributed by atoms with E-state index in [-0.39, 0.29) is 23.9 Å². The molecule has 0 aliphatic carbocycles. The van der Waals surface area contributed by atoms with Crippen LogP contribution in [0.1, 0.15) is 26.5 Å². The van der Waals surface area contributed by atoms with Crippen LogP contribution in [0, 0.1) is 12.7 Å². The molecule has 1 aliphatic heterocycles. The lowest BCUT2D eigenvalue weighted by atomic mass is 10.1. The normalized spacial score (nSPS) is 21.0. The molecule has 0 bridgehead atoms. The third-order valence-corrected chi connectivity index (χ3v) is 4.36. The van der Waals surface area contributed by atoms with Gasteiger partial charge in [-0.25, -0.2) is 4.39 Å². The summed E-state index contributed by atoms with van der Waals surface area (Å²) in [4.78, 5) is 14.2. The Hall–Kier alpha value is -2.61. The minimum atomic E-state index is -0.573. The minimum Gasteiger partial charge on any atom is -0.374 e. The van der Waals surface area contributed by atoms with E-state index in [1.165, 1.54) is 6.07 Å². The van der Waals surface area contributed by atoms with Crippen molar-refractivity contribution >= 4 is 23.1 Å². The summed E-state index contributed by atoms with van der Waals surface area (Å²) >= 11 is 0. The molecule has 27 heavy (non-hydrogen) atoms. The number of anilines is 3. The minimum absolute atomic E-state index is 0.0508. The van der Waals surface area contributed by atoms with Crippen LogP contribution in [0.25, 0.3) is 0 Å². The van der Waals surface area contributed by atoms with Gasteiger partial charge in [0.1, 0.15) is 17.6 Å². The number of nitrogens with zero attached hydrogens (tertiary/aromatic N) is 2. The highest BCUT2D eigenvalue weighted by Crippen LogP contribution is 2.26. The number of ether oxygens (including phenoxy) is 1. The first-order valence-corrected chi connectivity index (χ1v) is 9.02. The van der Waals surface area contributed by atoms with Gasteiger partial charge in [-0.15, -0.1) is 0 Å². The second kappa shape index (κ2) is 7.96. The maximum atomic E-state index is 14.6.